The fourth-order valence-electron chi connectivity index (χ4n) is 1.55. The molecule has 2 rings (SSSR count). The van der Waals surface area contributed by atoms with Gasteiger partial charge in [-0.1, -0.05) is 0 Å². The van der Waals surface area contributed by atoms with Crippen molar-refractivity contribution < 1.29 is 4.79 Å². The third kappa shape index (κ3) is 4.16. The fourth-order valence-corrected chi connectivity index (χ4v) is 4.16. The Morgan fingerprint density at radius 2 is 2.53 bits per heavy atom. The van der Waals surface area contributed by atoms with Gasteiger partial charge in [0.05, 0.1) is 11.9 Å². The smallest absolute Gasteiger partial charge is 0.241 e. The minimum atomic E-state index is -0.00993. The lowest BCUT2D eigenvalue weighted by atomic mass is 10.4. The largest absolute Gasteiger partial charge is 0.396 e. The molecule has 0 bridgehead atoms. The van der Waals surface area contributed by atoms with Crippen molar-refractivity contribution in [2.45, 2.75) is 11.8 Å². The number of hydrogen-bond acceptors (Lipinski definition) is 5. The molecule has 0 saturated carbocycles. The molecule has 1 atom stereocenters. The van der Waals surface area contributed by atoms with Gasteiger partial charge in [0, 0.05) is 35.3 Å². The van der Waals surface area contributed by atoms with Gasteiger partial charge in [0.2, 0.25) is 5.91 Å². The van der Waals surface area contributed by atoms with Crippen LogP contribution < -0.4 is 11.1 Å². The third-order valence-electron chi connectivity index (χ3n) is 2.37. The monoisotopic (exact) mass is 272 g/mol. The topological polar surface area (TPSA) is 72.9 Å². The van der Waals surface area contributed by atoms with Gasteiger partial charge < -0.3 is 11.1 Å². The van der Waals surface area contributed by atoms with Crippen molar-refractivity contribution in [2.75, 3.05) is 29.5 Å². The van der Waals surface area contributed by atoms with Crippen molar-refractivity contribution in [3.63, 3.8) is 0 Å². The summed E-state index contributed by atoms with van der Waals surface area (Å²) in [6.07, 6.45) is 3.20. The first-order valence-electron chi connectivity index (χ1n) is 5.48. The number of hydrogen-bond donors (Lipinski definition) is 2. The number of nitrogens with one attached hydrogen (secondary N) is 1. The Morgan fingerprint density at radius 3 is 3.18 bits per heavy atom. The molecule has 1 amide bonds. The molecule has 5 nitrogen and oxygen atoms in total. The standard InChI is InChI=1S/C10H16N4OS2/c11-8-3-13-14(5-8)6-10(15)12-4-9-7-16-1-2-17-9/h3,5,9H,1-2,4,6-7,11H2,(H,12,15). The Bertz CT molecular complexity index is 376. The molecule has 94 valence electrons. The van der Waals surface area contributed by atoms with E-state index in [0.717, 1.165) is 12.3 Å². The number of nitrogens with two attached hydrogens (primary N) is 1. The number of thioether (sulfide) groups is 2. The number of anilines is 1. The van der Waals surface area contributed by atoms with Crippen LogP contribution in [0.4, 0.5) is 5.69 Å². The molecule has 1 unspecified atom stereocenters. The fraction of sp³-hybridized carbons (Fsp3) is 0.600. The van der Waals surface area contributed by atoms with Crippen molar-refractivity contribution in [1.29, 1.82) is 0 Å². The summed E-state index contributed by atoms with van der Waals surface area (Å²) in [5, 5.41) is 7.45. The summed E-state index contributed by atoms with van der Waals surface area (Å²) in [6, 6.07) is 0. The van der Waals surface area contributed by atoms with Gasteiger partial charge in [-0.2, -0.15) is 28.6 Å². The molecular weight excluding hydrogens is 256 g/mol. The molecule has 1 fully saturated rings. The number of amides is 1. The summed E-state index contributed by atoms with van der Waals surface area (Å²) in [4.78, 5) is 11.6. The number of rotatable bonds is 4. The lowest BCUT2D eigenvalue weighted by molar-refractivity contribution is -0.121. The first-order chi connectivity index (χ1) is 8.24. The summed E-state index contributed by atoms with van der Waals surface area (Å²) in [5.74, 6) is 3.52. The van der Waals surface area contributed by atoms with Crippen molar-refractivity contribution in [1.82, 2.24) is 15.1 Å². The van der Waals surface area contributed by atoms with Gasteiger partial charge in [0.25, 0.3) is 0 Å². The maximum Gasteiger partial charge on any atom is 0.241 e. The number of nitrogen functional groups attached to an aromatic ring is 1. The Labute approximate surface area is 109 Å². The zero-order chi connectivity index (χ0) is 12.1. The zero-order valence-corrected chi connectivity index (χ0v) is 11.1. The summed E-state index contributed by atoms with van der Waals surface area (Å²) in [5.41, 5.74) is 6.10. The van der Waals surface area contributed by atoms with Gasteiger partial charge in [0.1, 0.15) is 6.54 Å². The first-order valence-corrected chi connectivity index (χ1v) is 7.68. The van der Waals surface area contributed by atoms with Crippen LogP contribution in [-0.4, -0.2) is 44.7 Å². The summed E-state index contributed by atoms with van der Waals surface area (Å²) in [7, 11) is 0. The van der Waals surface area contributed by atoms with E-state index in [1.807, 2.05) is 23.5 Å². The minimum Gasteiger partial charge on any atom is -0.396 e. The molecule has 0 spiro atoms. The van der Waals surface area contributed by atoms with Crippen molar-refractivity contribution in [2.24, 2.45) is 0 Å². The first kappa shape index (κ1) is 12.6. The van der Waals surface area contributed by atoms with Crippen molar-refractivity contribution in [3.8, 4) is 0 Å². The summed E-state index contributed by atoms with van der Waals surface area (Å²) >= 11 is 3.89. The van der Waals surface area contributed by atoms with Crippen LogP contribution in [0, 0.1) is 0 Å². The molecule has 3 N–H and O–H groups in total. The molecule has 1 aliphatic heterocycles. The van der Waals surface area contributed by atoms with E-state index in [-0.39, 0.29) is 12.5 Å². The molecule has 2 heterocycles. The molecule has 0 radical (unpaired) electrons. The van der Waals surface area contributed by atoms with E-state index in [1.165, 1.54) is 11.5 Å². The molecule has 7 heteroatoms. The quantitative estimate of drug-likeness (QED) is 0.831. The SMILES string of the molecule is Nc1cnn(CC(=O)NCC2CSCCS2)c1. The molecule has 1 aromatic heterocycles. The Kier molecular flexibility index (Phi) is 4.61. The maximum absolute atomic E-state index is 11.6. The Balaban J connectivity index is 1.70. The molecule has 1 aliphatic rings. The second-order valence-corrected chi connectivity index (χ2v) is 6.40. The average molecular weight is 272 g/mol. The van der Waals surface area contributed by atoms with Crippen LogP contribution in [0.15, 0.2) is 12.4 Å². The highest BCUT2D eigenvalue weighted by atomic mass is 32.2. The highest BCUT2D eigenvalue weighted by Crippen LogP contribution is 2.23. The lowest BCUT2D eigenvalue weighted by Gasteiger charge is -2.21. The van der Waals surface area contributed by atoms with E-state index in [4.69, 9.17) is 5.73 Å². The van der Waals surface area contributed by atoms with E-state index in [1.54, 1.807) is 17.1 Å². The van der Waals surface area contributed by atoms with E-state index < -0.39 is 0 Å². The van der Waals surface area contributed by atoms with Gasteiger partial charge in [-0.15, -0.1) is 0 Å². The normalized spacial score (nSPS) is 20.1. The van der Waals surface area contributed by atoms with Gasteiger partial charge >= 0.3 is 0 Å². The van der Waals surface area contributed by atoms with Gasteiger partial charge in [-0.25, -0.2) is 0 Å². The number of aromatic nitrogens is 2. The van der Waals surface area contributed by atoms with Crippen molar-refractivity contribution >= 4 is 35.1 Å². The second-order valence-electron chi connectivity index (χ2n) is 3.84. The maximum atomic E-state index is 11.6. The third-order valence-corrected chi connectivity index (χ3v) is 5.22. The van der Waals surface area contributed by atoms with E-state index >= 15 is 0 Å². The van der Waals surface area contributed by atoms with Gasteiger partial charge in [-0.3, -0.25) is 9.48 Å². The predicted molar refractivity (Wildman–Crippen MR) is 73.2 cm³/mol. The average Bonchev–Trinajstić information content (AvgIpc) is 2.73. The highest BCUT2D eigenvalue weighted by Gasteiger charge is 2.15. The van der Waals surface area contributed by atoms with Crippen LogP contribution in [0.25, 0.3) is 0 Å². The van der Waals surface area contributed by atoms with Crippen LogP contribution in [0.2, 0.25) is 0 Å². The minimum absolute atomic E-state index is 0.00993. The van der Waals surface area contributed by atoms with E-state index in [9.17, 15) is 4.79 Å². The van der Waals surface area contributed by atoms with E-state index in [2.05, 4.69) is 10.4 Å². The number of carbonyl (C=O) groups excluding carboxylic acids is 1. The van der Waals surface area contributed by atoms with Crippen molar-refractivity contribution in [3.05, 3.63) is 12.4 Å². The van der Waals surface area contributed by atoms with Crippen LogP contribution in [0.1, 0.15) is 0 Å². The van der Waals surface area contributed by atoms with Crippen LogP contribution in [0.3, 0.4) is 0 Å². The Morgan fingerprint density at radius 1 is 1.65 bits per heavy atom. The number of nitrogens with zero attached hydrogens (tertiary/aromatic N) is 2. The lowest BCUT2D eigenvalue weighted by Crippen LogP contribution is -2.35. The van der Waals surface area contributed by atoms with Crippen LogP contribution >= 0.6 is 23.5 Å². The van der Waals surface area contributed by atoms with Crippen LogP contribution in [-0.2, 0) is 11.3 Å². The van der Waals surface area contributed by atoms with Gasteiger partial charge in [0.15, 0.2) is 0 Å². The molecule has 1 saturated heterocycles. The number of carbonyl (C=O) groups is 1. The summed E-state index contributed by atoms with van der Waals surface area (Å²) < 4.78 is 1.55. The molecule has 0 aliphatic carbocycles. The molecule has 1 aromatic rings. The molecule has 0 aromatic carbocycles. The molecular formula is C10H16N4OS2. The predicted octanol–water partition coefficient (Wildman–Crippen LogP) is 0.430. The summed E-state index contributed by atoms with van der Waals surface area (Å²) in [6.45, 7) is 0.981. The van der Waals surface area contributed by atoms with E-state index in [0.29, 0.717) is 10.9 Å². The van der Waals surface area contributed by atoms with Gasteiger partial charge in [-0.05, 0) is 0 Å². The van der Waals surface area contributed by atoms with Crippen LogP contribution in [0.5, 0.6) is 0 Å². The highest BCUT2D eigenvalue weighted by molar-refractivity contribution is 8.06. The second kappa shape index (κ2) is 6.20. The molecule has 17 heavy (non-hydrogen) atoms. The Hall–Kier alpha value is -0.820. The zero-order valence-electron chi connectivity index (χ0n) is 9.46.